The largest absolute Gasteiger partial charge is 0.486 e. The van der Waals surface area contributed by atoms with E-state index >= 15 is 0 Å². The van der Waals surface area contributed by atoms with Gasteiger partial charge in [0.25, 0.3) is 5.91 Å². The molecule has 0 unspecified atom stereocenters. The van der Waals surface area contributed by atoms with Crippen LogP contribution < -0.4 is 14.8 Å². The smallest absolute Gasteiger partial charge is 0.257 e. The number of aryl methyl sites for hydroxylation is 1. The molecule has 1 amide bonds. The van der Waals surface area contributed by atoms with Gasteiger partial charge in [0.1, 0.15) is 13.2 Å². The van der Waals surface area contributed by atoms with Gasteiger partial charge in [-0.3, -0.25) is 4.79 Å². The van der Waals surface area contributed by atoms with Crippen molar-refractivity contribution in [1.29, 1.82) is 0 Å². The van der Waals surface area contributed by atoms with Crippen LogP contribution in [-0.2, 0) is 0 Å². The molecule has 5 heteroatoms. The highest BCUT2D eigenvalue weighted by atomic mass is 35.5. The highest BCUT2D eigenvalue weighted by molar-refractivity contribution is 6.34. The summed E-state index contributed by atoms with van der Waals surface area (Å²) in [6.07, 6.45) is 0. The summed E-state index contributed by atoms with van der Waals surface area (Å²) in [6.45, 7) is 2.94. The van der Waals surface area contributed by atoms with E-state index in [2.05, 4.69) is 5.32 Å². The second kappa shape index (κ2) is 5.66. The molecule has 0 bridgehead atoms. The number of carbonyl (C=O) groups is 1. The van der Waals surface area contributed by atoms with E-state index in [-0.39, 0.29) is 5.91 Å². The molecule has 1 aliphatic rings. The molecule has 0 fully saturated rings. The van der Waals surface area contributed by atoms with E-state index in [1.165, 1.54) is 0 Å². The molecule has 0 saturated carbocycles. The Labute approximate surface area is 127 Å². The fourth-order valence-corrected chi connectivity index (χ4v) is 2.31. The number of carbonyl (C=O) groups excluding carboxylic acids is 1. The Bertz CT molecular complexity index is 683. The summed E-state index contributed by atoms with van der Waals surface area (Å²) in [4.78, 5) is 12.3. The van der Waals surface area contributed by atoms with Crippen LogP contribution in [0.1, 0.15) is 15.9 Å². The third-order valence-corrected chi connectivity index (χ3v) is 3.50. The van der Waals surface area contributed by atoms with E-state index in [1.807, 2.05) is 31.2 Å². The predicted octanol–water partition coefficient (Wildman–Crippen LogP) is 3.67. The van der Waals surface area contributed by atoms with Crippen LogP contribution in [0, 0.1) is 6.92 Å². The van der Waals surface area contributed by atoms with Gasteiger partial charge in [0.05, 0.1) is 10.6 Å². The van der Waals surface area contributed by atoms with E-state index in [0.717, 1.165) is 11.3 Å². The number of rotatable bonds is 2. The number of halogens is 1. The summed E-state index contributed by atoms with van der Waals surface area (Å²) in [6, 6.07) is 10.8. The summed E-state index contributed by atoms with van der Waals surface area (Å²) < 4.78 is 10.9. The van der Waals surface area contributed by atoms with Crippen LogP contribution in [0.25, 0.3) is 0 Å². The first kappa shape index (κ1) is 13.8. The summed E-state index contributed by atoms with van der Waals surface area (Å²) in [7, 11) is 0. The molecular weight excluding hydrogens is 290 g/mol. The van der Waals surface area contributed by atoms with Crippen LogP contribution in [0.15, 0.2) is 36.4 Å². The van der Waals surface area contributed by atoms with Crippen molar-refractivity contribution in [2.24, 2.45) is 0 Å². The van der Waals surface area contributed by atoms with Crippen LogP contribution in [0.2, 0.25) is 5.02 Å². The Kier molecular flexibility index (Phi) is 3.71. The lowest BCUT2D eigenvalue weighted by atomic mass is 10.1. The molecule has 0 radical (unpaired) electrons. The molecule has 108 valence electrons. The van der Waals surface area contributed by atoms with Gasteiger partial charge in [-0.05, 0) is 25.1 Å². The first-order valence-electron chi connectivity index (χ1n) is 6.60. The molecule has 1 aliphatic heterocycles. The second-order valence-corrected chi connectivity index (χ2v) is 5.20. The number of benzene rings is 2. The quantitative estimate of drug-likeness (QED) is 0.921. The highest BCUT2D eigenvalue weighted by Crippen LogP contribution is 2.35. The van der Waals surface area contributed by atoms with Crippen molar-refractivity contribution in [3.05, 3.63) is 52.5 Å². The lowest BCUT2D eigenvalue weighted by molar-refractivity contribution is 0.102. The maximum atomic E-state index is 12.3. The Morgan fingerprint density at radius 2 is 1.71 bits per heavy atom. The number of hydrogen-bond acceptors (Lipinski definition) is 3. The van der Waals surface area contributed by atoms with Crippen molar-refractivity contribution < 1.29 is 14.3 Å². The molecule has 0 atom stereocenters. The first-order valence-corrected chi connectivity index (χ1v) is 6.98. The van der Waals surface area contributed by atoms with Crippen LogP contribution in [0.4, 0.5) is 5.69 Å². The number of anilines is 1. The molecule has 1 heterocycles. The molecule has 1 N–H and O–H groups in total. The number of ether oxygens (including phenoxy) is 2. The van der Waals surface area contributed by atoms with E-state index in [1.54, 1.807) is 12.1 Å². The standard InChI is InChI=1S/C16H14ClNO3/c1-10-2-4-11(5-3-10)18-16(19)12-8-14-15(9-13(12)17)21-7-6-20-14/h2-5,8-9H,6-7H2,1H3,(H,18,19). The number of hydrogen-bond donors (Lipinski definition) is 1. The Morgan fingerprint density at radius 1 is 1.10 bits per heavy atom. The number of fused-ring (bicyclic) bond motifs is 1. The van der Waals surface area contributed by atoms with Gasteiger partial charge in [-0.1, -0.05) is 29.3 Å². The average Bonchev–Trinajstić information content (AvgIpc) is 2.49. The van der Waals surface area contributed by atoms with Gasteiger partial charge < -0.3 is 14.8 Å². The maximum Gasteiger partial charge on any atom is 0.257 e. The summed E-state index contributed by atoms with van der Waals surface area (Å²) in [5, 5.41) is 3.15. The van der Waals surface area contributed by atoms with Gasteiger partial charge in [-0.15, -0.1) is 0 Å². The topological polar surface area (TPSA) is 47.6 Å². The van der Waals surface area contributed by atoms with Gasteiger partial charge in [0.2, 0.25) is 0 Å². The van der Waals surface area contributed by atoms with Crippen LogP contribution in [-0.4, -0.2) is 19.1 Å². The lowest BCUT2D eigenvalue weighted by Gasteiger charge is -2.19. The SMILES string of the molecule is Cc1ccc(NC(=O)c2cc3c(cc2Cl)OCCO3)cc1. The first-order chi connectivity index (χ1) is 10.1. The van der Waals surface area contributed by atoms with Gasteiger partial charge in [0, 0.05) is 11.8 Å². The Hall–Kier alpha value is -2.20. The Morgan fingerprint density at radius 3 is 2.38 bits per heavy atom. The van der Waals surface area contributed by atoms with Crippen LogP contribution in [0.3, 0.4) is 0 Å². The van der Waals surface area contributed by atoms with Crippen molar-refractivity contribution in [2.75, 3.05) is 18.5 Å². The van der Waals surface area contributed by atoms with Gasteiger partial charge in [-0.25, -0.2) is 0 Å². The van der Waals surface area contributed by atoms with E-state index in [0.29, 0.717) is 35.3 Å². The number of amides is 1. The summed E-state index contributed by atoms with van der Waals surface area (Å²) >= 11 is 6.15. The molecule has 0 spiro atoms. The van der Waals surface area contributed by atoms with Crippen molar-refractivity contribution in [3.8, 4) is 11.5 Å². The Balaban J connectivity index is 1.85. The molecule has 21 heavy (non-hydrogen) atoms. The third-order valence-electron chi connectivity index (χ3n) is 3.19. The fourth-order valence-electron chi connectivity index (χ4n) is 2.07. The third kappa shape index (κ3) is 2.95. The minimum Gasteiger partial charge on any atom is -0.486 e. The normalized spacial score (nSPS) is 12.9. The fraction of sp³-hybridized carbons (Fsp3) is 0.188. The lowest BCUT2D eigenvalue weighted by Crippen LogP contribution is -2.17. The zero-order chi connectivity index (χ0) is 14.8. The highest BCUT2D eigenvalue weighted by Gasteiger charge is 2.19. The number of nitrogens with one attached hydrogen (secondary N) is 1. The van der Waals surface area contributed by atoms with E-state index < -0.39 is 0 Å². The minimum atomic E-state index is -0.277. The molecule has 3 rings (SSSR count). The van der Waals surface area contributed by atoms with Crippen molar-refractivity contribution in [1.82, 2.24) is 0 Å². The monoisotopic (exact) mass is 303 g/mol. The maximum absolute atomic E-state index is 12.3. The van der Waals surface area contributed by atoms with Crippen molar-refractivity contribution in [3.63, 3.8) is 0 Å². The van der Waals surface area contributed by atoms with Crippen LogP contribution >= 0.6 is 11.6 Å². The minimum absolute atomic E-state index is 0.277. The average molecular weight is 304 g/mol. The molecular formula is C16H14ClNO3. The predicted molar refractivity (Wildman–Crippen MR) is 81.6 cm³/mol. The zero-order valence-corrected chi connectivity index (χ0v) is 12.2. The van der Waals surface area contributed by atoms with Crippen LogP contribution in [0.5, 0.6) is 11.5 Å². The molecule has 0 aliphatic carbocycles. The second-order valence-electron chi connectivity index (χ2n) is 4.80. The van der Waals surface area contributed by atoms with E-state index in [9.17, 15) is 4.79 Å². The molecule has 2 aromatic carbocycles. The summed E-state index contributed by atoms with van der Waals surface area (Å²) in [5.41, 5.74) is 2.21. The molecule has 2 aromatic rings. The van der Waals surface area contributed by atoms with Gasteiger partial charge in [-0.2, -0.15) is 0 Å². The molecule has 4 nitrogen and oxygen atoms in total. The zero-order valence-electron chi connectivity index (χ0n) is 11.5. The molecule has 0 saturated heterocycles. The van der Waals surface area contributed by atoms with Crippen molar-refractivity contribution in [2.45, 2.75) is 6.92 Å². The van der Waals surface area contributed by atoms with Gasteiger partial charge in [0.15, 0.2) is 11.5 Å². The summed E-state index contributed by atoms with van der Waals surface area (Å²) in [5.74, 6) is 0.832. The van der Waals surface area contributed by atoms with Gasteiger partial charge >= 0.3 is 0 Å². The van der Waals surface area contributed by atoms with Crippen molar-refractivity contribution >= 4 is 23.2 Å². The van der Waals surface area contributed by atoms with E-state index in [4.69, 9.17) is 21.1 Å². The molecule has 0 aromatic heterocycles.